The molecule has 2 heterocycles. The van der Waals surface area contributed by atoms with Crippen LogP contribution in [0.2, 0.25) is 0 Å². The second-order valence-electron chi connectivity index (χ2n) is 5.23. The van der Waals surface area contributed by atoms with Gasteiger partial charge in [-0.2, -0.15) is 16.9 Å². The number of nitrogens with one attached hydrogen (secondary N) is 2. The first-order chi connectivity index (χ1) is 10.1. The largest absolute Gasteiger partial charge is 0.317 e. The number of hydrogen-bond acceptors (Lipinski definition) is 5. The fourth-order valence-electron chi connectivity index (χ4n) is 2.20. The maximum absolute atomic E-state index is 12.2. The third kappa shape index (κ3) is 5.28. The van der Waals surface area contributed by atoms with E-state index in [2.05, 4.69) is 22.1 Å². The molecule has 0 spiro atoms. The van der Waals surface area contributed by atoms with Gasteiger partial charge < -0.3 is 5.32 Å². The number of nitrogens with zero attached hydrogens (tertiary/aromatic N) is 2. The van der Waals surface area contributed by atoms with Crippen LogP contribution in [-0.4, -0.2) is 49.3 Å². The molecule has 0 bridgehead atoms. The Balaban J connectivity index is 1.83. The molecule has 120 valence electrons. The lowest BCUT2D eigenvalue weighted by Gasteiger charge is -2.09. The van der Waals surface area contributed by atoms with Crippen molar-refractivity contribution in [1.29, 1.82) is 0 Å². The van der Waals surface area contributed by atoms with E-state index in [0.717, 1.165) is 44.0 Å². The zero-order valence-corrected chi connectivity index (χ0v) is 14.0. The van der Waals surface area contributed by atoms with Crippen LogP contribution >= 0.6 is 11.8 Å². The Labute approximate surface area is 131 Å². The molecule has 0 aliphatic carbocycles. The van der Waals surface area contributed by atoms with E-state index in [0.29, 0.717) is 12.5 Å². The maximum Gasteiger partial charge on any atom is 0.243 e. The van der Waals surface area contributed by atoms with Crippen molar-refractivity contribution in [2.45, 2.75) is 31.2 Å². The van der Waals surface area contributed by atoms with E-state index in [-0.39, 0.29) is 4.90 Å². The van der Waals surface area contributed by atoms with Gasteiger partial charge in [-0.05, 0) is 43.4 Å². The van der Waals surface area contributed by atoms with Crippen LogP contribution in [-0.2, 0) is 16.6 Å². The van der Waals surface area contributed by atoms with Gasteiger partial charge in [0.25, 0.3) is 0 Å². The first-order valence-corrected chi connectivity index (χ1v) is 10.1. The molecule has 1 saturated heterocycles. The molecule has 8 heteroatoms. The molecule has 1 aliphatic rings. The van der Waals surface area contributed by atoms with Crippen LogP contribution in [0.1, 0.15) is 19.8 Å². The average Bonchev–Trinajstić information content (AvgIpc) is 3.13. The van der Waals surface area contributed by atoms with Gasteiger partial charge in [0.15, 0.2) is 0 Å². The van der Waals surface area contributed by atoms with Gasteiger partial charge in [-0.3, -0.25) is 4.68 Å². The van der Waals surface area contributed by atoms with Crippen molar-refractivity contribution in [3.05, 3.63) is 12.4 Å². The van der Waals surface area contributed by atoms with Crippen LogP contribution in [0.15, 0.2) is 17.3 Å². The van der Waals surface area contributed by atoms with Gasteiger partial charge in [-0.1, -0.05) is 6.92 Å². The van der Waals surface area contributed by atoms with Crippen LogP contribution in [0.4, 0.5) is 0 Å². The standard InChI is InChI=1S/C13H24N4O2S2/c1-2-14-5-3-6-17-10-13(9-15-17)21(18,19)16-8-12-4-7-20-11-12/h9-10,12,14,16H,2-8,11H2,1H3. The van der Waals surface area contributed by atoms with Gasteiger partial charge in [-0.15, -0.1) is 0 Å². The van der Waals surface area contributed by atoms with E-state index in [1.165, 1.54) is 6.20 Å². The van der Waals surface area contributed by atoms with Crippen molar-refractivity contribution in [3.63, 3.8) is 0 Å². The maximum atomic E-state index is 12.2. The van der Waals surface area contributed by atoms with Gasteiger partial charge >= 0.3 is 0 Å². The Hall–Kier alpha value is -0.570. The summed E-state index contributed by atoms with van der Waals surface area (Å²) in [6.45, 7) is 5.17. The SMILES string of the molecule is CCNCCCn1cc(S(=O)(=O)NCC2CCSC2)cn1. The summed E-state index contributed by atoms with van der Waals surface area (Å²) in [7, 11) is -3.42. The summed E-state index contributed by atoms with van der Waals surface area (Å²) >= 11 is 1.89. The Bertz CT molecular complexity index is 524. The summed E-state index contributed by atoms with van der Waals surface area (Å²) < 4.78 is 28.8. The van der Waals surface area contributed by atoms with Gasteiger partial charge in [0.1, 0.15) is 4.90 Å². The van der Waals surface area contributed by atoms with Gasteiger partial charge in [0.05, 0.1) is 6.20 Å². The van der Waals surface area contributed by atoms with E-state index in [1.807, 2.05) is 11.8 Å². The van der Waals surface area contributed by atoms with Gasteiger partial charge in [-0.25, -0.2) is 13.1 Å². The molecule has 1 aromatic rings. The molecule has 0 saturated carbocycles. The molecular formula is C13H24N4O2S2. The second-order valence-corrected chi connectivity index (χ2v) is 8.14. The Morgan fingerprint density at radius 1 is 1.52 bits per heavy atom. The summed E-state index contributed by atoms with van der Waals surface area (Å²) in [6.07, 6.45) is 5.06. The lowest BCUT2D eigenvalue weighted by atomic mass is 10.1. The van der Waals surface area contributed by atoms with Crippen LogP contribution in [0.25, 0.3) is 0 Å². The number of rotatable bonds is 9. The normalized spacial score (nSPS) is 19.2. The number of thioether (sulfide) groups is 1. The zero-order valence-electron chi connectivity index (χ0n) is 12.4. The van der Waals surface area contributed by atoms with E-state index in [9.17, 15) is 8.42 Å². The number of hydrogen-bond donors (Lipinski definition) is 2. The Kier molecular flexibility index (Phi) is 6.53. The minimum absolute atomic E-state index is 0.261. The highest BCUT2D eigenvalue weighted by Gasteiger charge is 2.21. The highest BCUT2D eigenvalue weighted by molar-refractivity contribution is 7.99. The summed E-state index contributed by atoms with van der Waals surface area (Å²) in [6, 6.07) is 0. The second kappa shape index (κ2) is 8.17. The van der Waals surface area contributed by atoms with E-state index < -0.39 is 10.0 Å². The van der Waals surface area contributed by atoms with E-state index in [1.54, 1.807) is 10.9 Å². The molecule has 6 nitrogen and oxygen atoms in total. The van der Waals surface area contributed by atoms with Crippen molar-refractivity contribution in [1.82, 2.24) is 19.8 Å². The Morgan fingerprint density at radius 2 is 2.38 bits per heavy atom. The number of aromatic nitrogens is 2. The first-order valence-electron chi connectivity index (χ1n) is 7.42. The van der Waals surface area contributed by atoms with Crippen LogP contribution < -0.4 is 10.0 Å². The third-order valence-electron chi connectivity index (χ3n) is 3.50. The summed E-state index contributed by atoms with van der Waals surface area (Å²) in [5.41, 5.74) is 0. The topological polar surface area (TPSA) is 76.0 Å². The molecular weight excluding hydrogens is 308 g/mol. The third-order valence-corrected chi connectivity index (χ3v) is 6.11. The minimum atomic E-state index is -3.42. The highest BCUT2D eigenvalue weighted by Crippen LogP contribution is 2.23. The molecule has 0 aromatic carbocycles. The van der Waals surface area contributed by atoms with Crippen molar-refractivity contribution in [2.24, 2.45) is 5.92 Å². The lowest BCUT2D eigenvalue weighted by molar-refractivity contribution is 0.542. The number of aryl methyl sites for hydroxylation is 1. The number of sulfonamides is 1. The monoisotopic (exact) mass is 332 g/mol. The molecule has 1 unspecified atom stereocenters. The predicted molar refractivity (Wildman–Crippen MR) is 86.0 cm³/mol. The quantitative estimate of drug-likeness (QED) is 0.658. The lowest BCUT2D eigenvalue weighted by Crippen LogP contribution is -2.29. The molecule has 0 amide bonds. The molecule has 1 atom stereocenters. The molecule has 0 radical (unpaired) electrons. The van der Waals surface area contributed by atoms with Crippen LogP contribution in [0.5, 0.6) is 0 Å². The zero-order chi connectivity index (χ0) is 15.1. The molecule has 1 aliphatic heterocycles. The summed E-state index contributed by atoms with van der Waals surface area (Å²) in [5, 5.41) is 7.36. The van der Waals surface area contributed by atoms with Gasteiger partial charge in [0.2, 0.25) is 10.0 Å². The fourth-order valence-corrected chi connectivity index (χ4v) is 4.56. The average molecular weight is 332 g/mol. The Morgan fingerprint density at radius 3 is 3.10 bits per heavy atom. The van der Waals surface area contributed by atoms with Crippen LogP contribution in [0.3, 0.4) is 0 Å². The highest BCUT2D eigenvalue weighted by atomic mass is 32.2. The van der Waals surface area contributed by atoms with Crippen LogP contribution in [0, 0.1) is 5.92 Å². The summed E-state index contributed by atoms with van der Waals surface area (Å²) in [5.74, 6) is 2.64. The van der Waals surface area contributed by atoms with Crippen molar-refractivity contribution in [2.75, 3.05) is 31.1 Å². The predicted octanol–water partition coefficient (Wildman–Crippen LogP) is 0.914. The minimum Gasteiger partial charge on any atom is -0.317 e. The van der Waals surface area contributed by atoms with Crippen molar-refractivity contribution < 1.29 is 8.42 Å². The summed E-state index contributed by atoms with van der Waals surface area (Å²) in [4.78, 5) is 0.261. The molecule has 2 N–H and O–H groups in total. The van der Waals surface area contributed by atoms with Crippen molar-refractivity contribution >= 4 is 21.8 Å². The first kappa shape index (κ1) is 16.8. The van der Waals surface area contributed by atoms with Crippen molar-refractivity contribution in [3.8, 4) is 0 Å². The fraction of sp³-hybridized carbons (Fsp3) is 0.769. The van der Waals surface area contributed by atoms with Gasteiger partial charge in [0, 0.05) is 19.3 Å². The molecule has 1 fully saturated rings. The molecule has 21 heavy (non-hydrogen) atoms. The smallest absolute Gasteiger partial charge is 0.243 e. The van der Waals surface area contributed by atoms with E-state index in [4.69, 9.17) is 0 Å². The van der Waals surface area contributed by atoms with E-state index >= 15 is 0 Å². The molecule has 2 rings (SSSR count). The molecule has 1 aromatic heterocycles.